The topological polar surface area (TPSA) is 144 Å². The SMILES string of the molecule is CCCCCC1CCC(C2CCC(C(=O)Oc3ccc(OC(=O)c4ccc(OCCCCCCCCOC(=O)CCCCCOC(=O)CCC(=O)OC5CC(C)(C)N(C)C(C)(C)C5)cc4)cc3)CC2)CC1. The van der Waals surface area contributed by atoms with Crippen LogP contribution in [0.5, 0.6) is 17.2 Å². The number of carbonyl (C=O) groups excluding carboxylic acids is 5. The molecule has 12 heteroatoms. The number of likely N-dealkylation sites (tertiary alicyclic amines) is 1. The van der Waals surface area contributed by atoms with Crippen molar-refractivity contribution in [3.8, 4) is 17.2 Å². The van der Waals surface area contributed by atoms with Crippen molar-refractivity contribution >= 4 is 29.8 Å². The molecule has 2 aromatic carbocycles. The van der Waals surface area contributed by atoms with Gasteiger partial charge in [0.2, 0.25) is 0 Å². The van der Waals surface area contributed by atoms with Crippen LogP contribution >= 0.6 is 0 Å². The third kappa shape index (κ3) is 20.5. The normalized spacial score (nSPS) is 21.2. The zero-order chi connectivity index (χ0) is 51.1. The summed E-state index contributed by atoms with van der Waals surface area (Å²) in [6.45, 7) is 12.1. The largest absolute Gasteiger partial charge is 0.494 e. The lowest BCUT2D eigenvalue weighted by atomic mass is 9.68. The van der Waals surface area contributed by atoms with Crippen molar-refractivity contribution in [2.24, 2.45) is 23.7 Å². The van der Waals surface area contributed by atoms with Crippen molar-refractivity contribution < 1.29 is 52.4 Å². The molecular weight excluding hydrogens is 899 g/mol. The Kier molecular flexibility index (Phi) is 24.2. The lowest BCUT2D eigenvalue weighted by Crippen LogP contribution is -2.60. The van der Waals surface area contributed by atoms with E-state index in [1.165, 1.54) is 51.4 Å². The fourth-order valence-corrected chi connectivity index (χ4v) is 11.1. The van der Waals surface area contributed by atoms with Crippen LogP contribution in [0.2, 0.25) is 0 Å². The van der Waals surface area contributed by atoms with Crippen molar-refractivity contribution in [3.63, 3.8) is 0 Å². The third-order valence-electron chi connectivity index (χ3n) is 15.7. The van der Waals surface area contributed by atoms with Gasteiger partial charge >= 0.3 is 29.8 Å². The fraction of sp³-hybridized carbons (Fsp3) is 0.712. The number of piperidine rings is 1. The van der Waals surface area contributed by atoms with Crippen molar-refractivity contribution in [1.29, 1.82) is 0 Å². The van der Waals surface area contributed by atoms with Crippen molar-refractivity contribution in [2.75, 3.05) is 26.9 Å². The van der Waals surface area contributed by atoms with E-state index in [9.17, 15) is 24.0 Å². The third-order valence-corrected chi connectivity index (χ3v) is 15.7. The molecule has 0 N–H and O–H groups in total. The van der Waals surface area contributed by atoms with Crippen LogP contribution in [0.25, 0.3) is 0 Å². The highest BCUT2D eigenvalue weighted by Gasteiger charge is 2.44. The number of rotatable bonds is 29. The Morgan fingerprint density at radius 2 is 1.03 bits per heavy atom. The highest BCUT2D eigenvalue weighted by Crippen LogP contribution is 2.43. The molecule has 71 heavy (non-hydrogen) atoms. The Labute approximate surface area is 426 Å². The van der Waals surface area contributed by atoms with E-state index in [2.05, 4.69) is 46.6 Å². The highest BCUT2D eigenvalue weighted by atomic mass is 16.6. The Balaban J connectivity index is 0.806. The van der Waals surface area contributed by atoms with Gasteiger partial charge in [-0.1, -0.05) is 71.1 Å². The van der Waals surface area contributed by atoms with Crippen molar-refractivity contribution in [2.45, 2.75) is 219 Å². The summed E-state index contributed by atoms with van der Waals surface area (Å²) < 4.78 is 33.6. The lowest BCUT2D eigenvalue weighted by Gasteiger charge is -2.53. The Morgan fingerprint density at radius 3 is 1.62 bits per heavy atom. The molecule has 1 saturated heterocycles. The minimum absolute atomic E-state index is 0.00117. The first-order valence-corrected chi connectivity index (χ1v) is 27.6. The molecular formula is C59H89NO11. The van der Waals surface area contributed by atoms with Crippen molar-refractivity contribution in [3.05, 3.63) is 54.1 Å². The maximum Gasteiger partial charge on any atom is 0.343 e. The van der Waals surface area contributed by atoms with Gasteiger partial charge in [0.25, 0.3) is 0 Å². The smallest absolute Gasteiger partial charge is 0.343 e. The Morgan fingerprint density at radius 1 is 0.535 bits per heavy atom. The van der Waals surface area contributed by atoms with Gasteiger partial charge in [-0.3, -0.25) is 24.1 Å². The fourth-order valence-electron chi connectivity index (χ4n) is 11.1. The first-order valence-electron chi connectivity index (χ1n) is 27.6. The minimum atomic E-state index is -0.476. The zero-order valence-electron chi connectivity index (χ0n) is 44.4. The molecule has 0 unspecified atom stereocenters. The lowest BCUT2D eigenvalue weighted by molar-refractivity contribution is -0.161. The van der Waals surface area contributed by atoms with Gasteiger partial charge in [0.15, 0.2) is 0 Å². The summed E-state index contributed by atoms with van der Waals surface area (Å²) in [6.07, 6.45) is 24.6. The molecule has 396 valence electrons. The number of unbranched alkanes of at least 4 members (excludes halogenated alkanes) is 9. The quantitative estimate of drug-likeness (QED) is 0.0331. The average Bonchev–Trinajstić information content (AvgIpc) is 3.35. The van der Waals surface area contributed by atoms with E-state index in [0.717, 1.165) is 101 Å². The van der Waals surface area contributed by atoms with Gasteiger partial charge in [-0.15, -0.1) is 0 Å². The highest BCUT2D eigenvalue weighted by molar-refractivity contribution is 5.91. The molecule has 5 rings (SSSR count). The van der Waals surface area contributed by atoms with Crippen LogP contribution in [0.4, 0.5) is 0 Å². The van der Waals surface area contributed by atoms with Gasteiger partial charge in [0.1, 0.15) is 23.4 Å². The first-order chi connectivity index (χ1) is 34.1. The molecule has 2 saturated carbocycles. The molecule has 12 nitrogen and oxygen atoms in total. The van der Waals surface area contributed by atoms with Crippen LogP contribution in [-0.2, 0) is 33.4 Å². The number of carbonyl (C=O) groups is 5. The van der Waals surface area contributed by atoms with E-state index in [1.807, 2.05) is 0 Å². The summed E-state index contributed by atoms with van der Waals surface area (Å²) in [5.41, 5.74) is 0.237. The molecule has 3 fully saturated rings. The van der Waals surface area contributed by atoms with Gasteiger partial charge in [-0.25, -0.2) is 4.79 Å². The van der Waals surface area contributed by atoms with Crippen molar-refractivity contribution in [1.82, 2.24) is 4.90 Å². The number of benzene rings is 2. The predicted octanol–water partition coefficient (Wildman–Crippen LogP) is 13.3. The molecule has 3 aliphatic rings. The van der Waals surface area contributed by atoms with Gasteiger partial charge in [0, 0.05) is 30.3 Å². The molecule has 0 spiro atoms. The molecule has 0 atom stereocenters. The van der Waals surface area contributed by atoms with E-state index < -0.39 is 11.9 Å². The van der Waals surface area contributed by atoms with Crippen LogP contribution in [0, 0.1) is 23.7 Å². The number of ether oxygens (including phenoxy) is 6. The van der Waals surface area contributed by atoms with E-state index in [1.54, 1.807) is 48.5 Å². The maximum absolute atomic E-state index is 13.0. The molecule has 0 amide bonds. The summed E-state index contributed by atoms with van der Waals surface area (Å²) in [7, 11) is 2.10. The van der Waals surface area contributed by atoms with Crippen LogP contribution in [0.1, 0.15) is 212 Å². The minimum Gasteiger partial charge on any atom is -0.494 e. The number of hydrogen-bond donors (Lipinski definition) is 0. The van der Waals surface area contributed by atoms with Crippen LogP contribution < -0.4 is 14.2 Å². The Hall–Kier alpha value is -4.45. The Bertz CT molecular complexity index is 1890. The molecule has 0 aromatic heterocycles. The van der Waals surface area contributed by atoms with Gasteiger partial charge in [-0.05, 0) is 172 Å². The molecule has 2 aromatic rings. The second kappa shape index (κ2) is 29.9. The van der Waals surface area contributed by atoms with Gasteiger partial charge < -0.3 is 28.4 Å². The van der Waals surface area contributed by atoms with Crippen LogP contribution in [0.15, 0.2) is 48.5 Å². The number of hydrogen-bond acceptors (Lipinski definition) is 12. The van der Waals surface area contributed by atoms with Crippen LogP contribution in [-0.4, -0.2) is 78.8 Å². The molecule has 1 aliphatic heterocycles. The maximum atomic E-state index is 13.0. The summed E-state index contributed by atoms with van der Waals surface area (Å²) in [5.74, 6) is 2.37. The second-order valence-corrected chi connectivity index (χ2v) is 22.1. The second-order valence-electron chi connectivity index (χ2n) is 22.1. The zero-order valence-corrected chi connectivity index (χ0v) is 44.4. The molecule has 1 heterocycles. The van der Waals surface area contributed by atoms with E-state index in [0.29, 0.717) is 55.3 Å². The predicted molar refractivity (Wildman–Crippen MR) is 276 cm³/mol. The summed E-state index contributed by atoms with van der Waals surface area (Å²) >= 11 is 0. The molecule has 0 bridgehead atoms. The standard InChI is InChI=1S/C59H89NO11/c1-7-8-14-19-44-21-23-45(24-22-44)46-25-27-47(28-26-46)56(64)70-50-33-35-51(36-34-50)71-57(65)48-29-31-49(32-30-48)66-39-16-11-9-10-12-17-40-67-53(61)20-15-13-18-41-68-54(62)37-38-55(63)69-52-42-58(2,3)60(6)59(4,5)43-52/h29-36,44-47,52H,7-28,37-43H2,1-6H3. The van der Waals surface area contributed by atoms with E-state index >= 15 is 0 Å². The number of nitrogens with zero attached hydrogens (tertiary/aromatic N) is 1. The first kappa shape index (κ1) is 57.5. The number of esters is 5. The van der Waals surface area contributed by atoms with Gasteiger partial charge in [0.05, 0.1) is 44.1 Å². The molecule has 2 aliphatic carbocycles. The van der Waals surface area contributed by atoms with Gasteiger partial charge in [-0.2, -0.15) is 0 Å². The average molecular weight is 988 g/mol. The summed E-state index contributed by atoms with van der Waals surface area (Å²) in [6, 6.07) is 13.6. The summed E-state index contributed by atoms with van der Waals surface area (Å²) in [5, 5.41) is 0. The van der Waals surface area contributed by atoms with Crippen LogP contribution in [0.3, 0.4) is 0 Å². The molecule has 0 radical (unpaired) electrons. The van der Waals surface area contributed by atoms with E-state index in [4.69, 9.17) is 28.4 Å². The monoisotopic (exact) mass is 988 g/mol. The van der Waals surface area contributed by atoms with E-state index in [-0.39, 0.29) is 60.5 Å². The summed E-state index contributed by atoms with van der Waals surface area (Å²) in [4.78, 5) is 65.0.